The van der Waals surface area contributed by atoms with E-state index in [1.165, 1.54) is 14.0 Å². The van der Waals surface area contributed by atoms with E-state index in [0.717, 1.165) is 6.26 Å². The largest absolute Gasteiger partial charge is 0.515 e. The van der Waals surface area contributed by atoms with Crippen molar-refractivity contribution in [2.24, 2.45) is 0 Å². The quantitative estimate of drug-likeness (QED) is 0.378. The molecule has 0 radical (unpaired) electrons. The molecule has 0 aliphatic rings. The van der Waals surface area contributed by atoms with Crippen molar-refractivity contribution in [3.05, 3.63) is 11.8 Å². The van der Waals surface area contributed by atoms with Gasteiger partial charge in [0.1, 0.15) is 0 Å². The van der Waals surface area contributed by atoms with E-state index in [9.17, 15) is 4.79 Å². The van der Waals surface area contributed by atoms with Gasteiger partial charge in [-0.3, -0.25) is 4.79 Å². The van der Waals surface area contributed by atoms with E-state index in [1.54, 1.807) is 0 Å². The Bertz CT molecular complexity index is 118. The smallest absolute Gasteiger partial charge is 0.249 e. The first kappa shape index (κ1) is 7.01. The molecule has 0 spiro atoms. The zero-order chi connectivity index (χ0) is 6.57. The minimum absolute atomic E-state index is 0.257. The molecule has 0 atom stereocenters. The first-order chi connectivity index (χ1) is 3.72. The Labute approximate surface area is 48.0 Å². The van der Waals surface area contributed by atoms with Crippen LogP contribution in [0.5, 0.6) is 0 Å². The van der Waals surface area contributed by atoms with Crippen LogP contribution in [0.4, 0.5) is 0 Å². The highest BCUT2D eigenvalue weighted by atomic mass is 16.2. The van der Waals surface area contributed by atoms with Gasteiger partial charge >= 0.3 is 0 Å². The first-order valence-corrected chi connectivity index (χ1v) is 2.25. The number of carbonyl (C=O) groups is 1. The molecule has 0 fully saturated rings. The number of likely N-dealkylation sites (N-methyl/N-ethyl adjacent to an activating group) is 1. The third-order valence-corrected chi connectivity index (χ3v) is 0.779. The predicted octanol–water partition coefficient (Wildman–Crippen LogP) is 0.194. The zero-order valence-electron chi connectivity index (χ0n) is 4.93. The molecule has 0 rings (SSSR count). The standard InChI is InChI=1S/C5H9NO2/c1-4(3-7)5(8)6-2/h3,7H,1-2H3,(H,6,8). The van der Waals surface area contributed by atoms with Crippen molar-refractivity contribution in [1.29, 1.82) is 0 Å². The second-order valence-electron chi connectivity index (χ2n) is 1.39. The van der Waals surface area contributed by atoms with E-state index in [4.69, 9.17) is 5.11 Å². The van der Waals surface area contributed by atoms with Gasteiger partial charge < -0.3 is 10.4 Å². The number of aliphatic hydroxyl groups excluding tert-OH is 1. The molecule has 3 nitrogen and oxygen atoms in total. The van der Waals surface area contributed by atoms with E-state index in [1.807, 2.05) is 0 Å². The van der Waals surface area contributed by atoms with E-state index < -0.39 is 0 Å². The Morgan fingerprint density at radius 3 is 2.38 bits per heavy atom. The molecule has 0 aromatic rings. The van der Waals surface area contributed by atoms with Crippen molar-refractivity contribution >= 4 is 5.91 Å². The van der Waals surface area contributed by atoms with Crippen LogP contribution in [-0.4, -0.2) is 18.1 Å². The normalized spacial score (nSPS) is 11.0. The molecule has 0 aliphatic carbocycles. The van der Waals surface area contributed by atoms with Crippen LogP contribution in [0.2, 0.25) is 0 Å². The van der Waals surface area contributed by atoms with Crippen molar-refractivity contribution in [3.63, 3.8) is 0 Å². The molecule has 0 aromatic carbocycles. The Kier molecular flexibility index (Phi) is 2.69. The third kappa shape index (κ3) is 1.64. The van der Waals surface area contributed by atoms with Gasteiger partial charge in [0.15, 0.2) is 0 Å². The highest BCUT2D eigenvalue weighted by Gasteiger charge is 1.96. The van der Waals surface area contributed by atoms with Gasteiger partial charge in [0, 0.05) is 12.6 Å². The number of rotatable bonds is 1. The third-order valence-electron chi connectivity index (χ3n) is 0.779. The molecular formula is C5H9NO2. The second kappa shape index (κ2) is 3.07. The maximum Gasteiger partial charge on any atom is 0.249 e. The predicted molar refractivity (Wildman–Crippen MR) is 30.5 cm³/mol. The molecule has 0 saturated carbocycles. The number of hydrogen-bond donors (Lipinski definition) is 2. The molecule has 3 heteroatoms. The Hall–Kier alpha value is -0.990. The van der Waals surface area contributed by atoms with Crippen LogP contribution in [0, 0.1) is 0 Å². The lowest BCUT2D eigenvalue weighted by molar-refractivity contribution is -0.117. The topological polar surface area (TPSA) is 49.3 Å². The number of carbonyl (C=O) groups excluding carboxylic acids is 1. The fourth-order valence-corrected chi connectivity index (χ4v) is 0.256. The average Bonchev–Trinajstić information content (AvgIpc) is 1.84. The summed E-state index contributed by atoms with van der Waals surface area (Å²) >= 11 is 0. The average molecular weight is 115 g/mol. The molecule has 46 valence electrons. The van der Waals surface area contributed by atoms with Crippen molar-refractivity contribution in [1.82, 2.24) is 5.32 Å². The molecule has 8 heavy (non-hydrogen) atoms. The van der Waals surface area contributed by atoms with Gasteiger partial charge in [-0.1, -0.05) is 0 Å². The monoisotopic (exact) mass is 115 g/mol. The van der Waals surface area contributed by atoms with Crippen LogP contribution in [0.3, 0.4) is 0 Å². The summed E-state index contributed by atoms with van der Waals surface area (Å²) in [5.41, 5.74) is 0.313. The zero-order valence-corrected chi connectivity index (χ0v) is 4.93. The van der Waals surface area contributed by atoms with Gasteiger partial charge in [-0.2, -0.15) is 0 Å². The van der Waals surface area contributed by atoms with Crippen LogP contribution in [-0.2, 0) is 4.79 Å². The summed E-state index contributed by atoms with van der Waals surface area (Å²) in [5.74, 6) is -0.257. The van der Waals surface area contributed by atoms with Gasteiger partial charge in [-0.25, -0.2) is 0 Å². The molecular weight excluding hydrogens is 106 g/mol. The maximum atomic E-state index is 10.4. The molecule has 1 amide bonds. The highest BCUT2D eigenvalue weighted by Crippen LogP contribution is 1.86. The number of aliphatic hydroxyl groups is 1. The molecule has 0 unspecified atom stereocenters. The van der Waals surface area contributed by atoms with Crippen LogP contribution >= 0.6 is 0 Å². The van der Waals surface area contributed by atoms with Gasteiger partial charge in [0.25, 0.3) is 0 Å². The van der Waals surface area contributed by atoms with Crippen LogP contribution in [0.1, 0.15) is 6.92 Å². The van der Waals surface area contributed by atoms with Crippen LogP contribution in [0.25, 0.3) is 0 Å². The Morgan fingerprint density at radius 1 is 1.75 bits per heavy atom. The second-order valence-corrected chi connectivity index (χ2v) is 1.39. The maximum absolute atomic E-state index is 10.4. The minimum Gasteiger partial charge on any atom is -0.515 e. The summed E-state index contributed by atoms with van der Waals surface area (Å²) in [4.78, 5) is 10.4. The van der Waals surface area contributed by atoms with Crippen molar-refractivity contribution in [3.8, 4) is 0 Å². The fraction of sp³-hybridized carbons (Fsp3) is 0.400. The van der Waals surface area contributed by atoms with Gasteiger partial charge in [0.05, 0.1) is 6.26 Å². The number of amides is 1. The van der Waals surface area contributed by atoms with Crippen LogP contribution < -0.4 is 5.32 Å². The van der Waals surface area contributed by atoms with E-state index in [0.29, 0.717) is 5.57 Å². The Balaban J connectivity index is 3.83. The number of hydrogen-bond acceptors (Lipinski definition) is 2. The summed E-state index contributed by atoms with van der Waals surface area (Å²) in [6.07, 6.45) is 0.777. The summed E-state index contributed by atoms with van der Waals surface area (Å²) in [7, 11) is 1.51. The molecule has 0 saturated heterocycles. The lowest BCUT2D eigenvalue weighted by atomic mass is 10.3. The summed E-state index contributed by atoms with van der Waals surface area (Å²) in [5, 5.41) is 10.6. The van der Waals surface area contributed by atoms with Gasteiger partial charge in [-0.05, 0) is 6.92 Å². The minimum atomic E-state index is -0.257. The van der Waals surface area contributed by atoms with Crippen molar-refractivity contribution in [2.75, 3.05) is 7.05 Å². The lowest BCUT2D eigenvalue weighted by Crippen LogP contribution is -2.18. The fourth-order valence-electron chi connectivity index (χ4n) is 0.256. The Morgan fingerprint density at radius 2 is 2.25 bits per heavy atom. The van der Waals surface area contributed by atoms with Crippen molar-refractivity contribution in [2.45, 2.75) is 6.92 Å². The summed E-state index contributed by atoms with van der Waals surface area (Å²) < 4.78 is 0. The van der Waals surface area contributed by atoms with Gasteiger partial charge in [0.2, 0.25) is 5.91 Å². The molecule has 0 aromatic heterocycles. The van der Waals surface area contributed by atoms with E-state index >= 15 is 0 Å². The van der Waals surface area contributed by atoms with E-state index in [-0.39, 0.29) is 5.91 Å². The summed E-state index contributed by atoms with van der Waals surface area (Å²) in [6, 6.07) is 0. The number of nitrogens with one attached hydrogen (secondary N) is 1. The molecule has 0 heterocycles. The summed E-state index contributed by atoms with van der Waals surface area (Å²) in [6.45, 7) is 1.53. The highest BCUT2D eigenvalue weighted by molar-refractivity contribution is 5.92. The van der Waals surface area contributed by atoms with Gasteiger partial charge in [-0.15, -0.1) is 0 Å². The first-order valence-electron chi connectivity index (χ1n) is 2.25. The van der Waals surface area contributed by atoms with Crippen LogP contribution in [0.15, 0.2) is 11.8 Å². The van der Waals surface area contributed by atoms with Crippen molar-refractivity contribution < 1.29 is 9.90 Å². The lowest BCUT2D eigenvalue weighted by Gasteiger charge is -1.93. The van der Waals surface area contributed by atoms with E-state index in [2.05, 4.69) is 5.32 Å². The SMILES string of the molecule is CNC(=O)C(C)=CO. The molecule has 2 N–H and O–H groups in total. The molecule has 0 aliphatic heterocycles. The molecule has 0 bridgehead atoms.